The van der Waals surface area contributed by atoms with E-state index in [1.54, 1.807) is 0 Å². The van der Waals surface area contributed by atoms with Gasteiger partial charge in [-0.3, -0.25) is 4.79 Å². The summed E-state index contributed by atoms with van der Waals surface area (Å²) in [7, 11) is 0. The number of hydrogen-bond donors (Lipinski definition) is 1. The number of hydrogen-bond acceptors (Lipinski definition) is 3. The second kappa shape index (κ2) is 6.50. The summed E-state index contributed by atoms with van der Waals surface area (Å²) in [4.78, 5) is 14.1. The molecule has 0 spiro atoms. The van der Waals surface area contributed by atoms with Crippen LogP contribution in [-0.4, -0.2) is 41.5 Å². The van der Waals surface area contributed by atoms with Crippen molar-refractivity contribution in [3.05, 3.63) is 0 Å². The normalized spacial score (nSPS) is 30.3. The minimum absolute atomic E-state index is 0.311. The van der Waals surface area contributed by atoms with Gasteiger partial charge in [0.1, 0.15) is 5.78 Å². The fourth-order valence-corrected chi connectivity index (χ4v) is 3.36. The van der Waals surface area contributed by atoms with Gasteiger partial charge in [0, 0.05) is 25.0 Å². The summed E-state index contributed by atoms with van der Waals surface area (Å²) in [5.41, 5.74) is 0. The van der Waals surface area contributed by atoms with E-state index in [9.17, 15) is 4.79 Å². The van der Waals surface area contributed by atoms with Gasteiger partial charge in [-0.2, -0.15) is 0 Å². The molecule has 2 aliphatic rings. The summed E-state index contributed by atoms with van der Waals surface area (Å²) in [6.45, 7) is 2.59. The molecule has 0 bridgehead atoms. The molecule has 0 radical (unpaired) electrons. The lowest BCUT2D eigenvalue weighted by Gasteiger charge is -2.25. The summed E-state index contributed by atoms with van der Waals surface area (Å²) in [5, 5.41) is 8.89. The van der Waals surface area contributed by atoms with Crippen LogP contribution in [0.4, 0.5) is 0 Å². The number of rotatable bonds is 6. The average molecular weight is 239 g/mol. The van der Waals surface area contributed by atoms with Gasteiger partial charge in [-0.05, 0) is 58.0 Å². The van der Waals surface area contributed by atoms with Crippen LogP contribution in [0.1, 0.15) is 51.4 Å². The highest BCUT2D eigenvalue weighted by Gasteiger charge is 2.28. The molecule has 1 aliphatic heterocycles. The van der Waals surface area contributed by atoms with Crippen LogP contribution >= 0.6 is 0 Å². The first-order valence-electron chi connectivity index (χ1n) is 7.19. The monoisotopic (exact) mass is 239 g/mol. The summed E-state index contributed by atoms with van der Waals surface area (Å²) in [6.07, 6.45) is 8.71. The van der Waals surface area contributed by atoms with E-state index in [-0.39, 0.29) is 0 Å². The third-order valence-corrected chi connectivity index (χ3v) is 4.39. The number of Topliss-reactive ketones (excluding diaryl/α,β-unsaturated/α-hetero) is 1. The van der Waals surface area contributed by atoms with Gasteiger partial charge in [-0.1, -0.05) is 0 Å². The Labute approximate surface area is 104 Å². The second-order valence-electron chi connectivity index (χ2n) is 5.54. The third kappa shape index (κ3) is 3.52. The van der Waals surface area contributed by atoms with E-state index in [1.807, 2.05) is 0 Å². The fourth-order valence-electron chi connectivity index (χ4n) is 3.36. The number of aliphatic hydroxyl groups excluding tert-OH is 1. The first-order chi connectivity index (χ1) is 8.31. The van der Waals surface area contributed by atoms with Gasteiger partial charge in [-0.25, -0.2) is 0 Å². The van der Waals surface area contributed by atoms with E-state index >= 15 is 0 Å². The molecule has 98 valence electrons. The number of carbonyl (C=O) groups is 1. The highest BCUT2D eigenvalue weighted by atomic mass is 16.2. The van der Waals surface area contributed by atoms with Crippen LogP contribution in [0.25, 0.3) is 0 Å². The van der Waals surface area contributed by atoms with Gasteiger partial charge in [-0.15, -0.1) is 0 Å². The number of aliphatic hydroxyl groups is 1. The van der Waals surface area contributed by atoms with Crippen molar-refractivity contribution in [3.63, 3.8) is 0 Å². The maximum atomic E-state index is 11.6. The standard InChI is InChI=1S/C14H25NO2/c16-11-3-6-13-5-2-9-15(13)10-8-12-4-1-7-14(12)17/h12-13,16H,1-11H2. The van der Waals surface area contributed by atoms with Crippen molar-refractivity contribution in [1.29, 1.82) is 0 Å². The van der Waals surface area contributed by atoms with E-state index in [2.05, 4.69) is 4.90 Å². The van der Waals surface area contributed by atoms with Gasteiger partial charge in [0.25, 0.3) is 0 Å². The molecule has 3 nitrogen and oxygen atoms in total. The third-order valence-electron chi connectivity index (χ3n) is 4.39. The number of likely N-dealkylation sites (tertiary alicyclic amines) is 1. The first kappa shape index (κ1) is 13.0. The van der Waals surface area contributed by atoms with E-state index in [1.165, 1.54) is 19.4 Å². The molecule has 2 unspecified atom stereocenters. The molecule has 2 fully saturated rings. The van der Waals surface area contributed by atoms with Crippen molar-refractivity contribution >= 4 is 5.78 Å². The van der Waals surface area contributed by atoms with Crippen LogP contribution < -0.4 is 0 Å². The molecule has 1 heterocycles. The zero-order valence-corrected chi connectivity index (χ0v) is 10.7. The Balaban J connectivity index is 1.71. The van der Waals surface area contributed by atoms with Crippen molar-refractivity contribution in [2.75, 3.05) is 19.7 Å². The van der Waals surface area contributed by atoms with Gasteiger partial charge < -0.3 is 10.0 Å². The predicted molar refractivity (Wildman–Crippen MR) is 67.9 cm³/mol. The molecule has 2 atom stereocenters. The number of carbonyl (C=O) groups excluding carboxylic acids is 1. The molecule has 0 amide bonds. The van der Waals surface area contributed by atoms with Crippen LogP contribution in [0, 0.1) is 5.92 Å². The SMILES string of the molecule is O=C1CCCC1CCN1CCCC1CCCO. The highest BCUT2D eigenvalue weighted by molar-refractivity contribution is 5.82. The zero-order valence-electron chi connectivity index (χ0n) is 10.7. The van der Waals surface area contributed by atoms with Crippen LogP contribution in [0.3, 0.4) is 0 Å². The van der Waals surface area contributed by atoms with Gasteiger partial charge >= 0.3 is 0 Å². The Bertz CT molecular complexity index is 255. The van der Waals surface area contributed by atoms with Gasteiger partial charge in [0.05, 0.1) is 0 Å². The molecular formula is C14H25NO2. The van der Waals surface area contributed by atoms with E-state index < -0.39 is 0 Å². The summed E-state index contributed by atoms with van der Waals surface area (Å²) in [6, 6.07) is 0.665. The second-order valence-corrected chi connectivity index (χ2v) is 5.54. The Morgan fingerprint density at radius 2 is 2.12 bits per heavy atom. The van der Waals surface area contributed by atoms with Gasteiger partial charge in [0.15, 0.2) is 0 Å². The Hall–Kier alpha value is -0.410. The maximum absolute atomic E-state index is 11.6. The van der Waals surface area contributed by atoms with E-state index in [0.717, 1.165) is 45.1 Å². The maximum Gasteiger partial charge on any atom is 0.136 e. The predicted octanol–water partition coefficient (Wildman–Crippen LogP) is 1.98. The van der Waals surface area contributed by atoms with Crippen molar-refractivity contribution in [2.24, 2.45) is 5.92 Å². The largest absolute Gasteiger partial charge is 0.396 e. The minimum Gasteiger partial charge on any atom is -0.396 e. The van der Waals surface area contributed by atoms with Crippen LogP contribution in [-0.2, 0) is 4.79 Å². The quantitative estimate of drug-likeness (QED) is 0.770. The molecule has 2 rings (SSSR count). The molecular weight excluding hydrogens is 214 g/mol. The van der Waals surface area contributed by atoms with E-state index in [4.69, 9.17) is 5.11 Å². The van der Waals surface area contributed by atoms with Crippen molar-refractivity contribution in [3.8, 4) is 0 Å². The minimum atomic E-state index is 0.311. The first-order valence-corrected chi connectivity index (χ1v) is 7.19. The molecule has 1 saturated carbocycles. The van der Waals surface area contributed by atoms with Crippen molar-refractivity contribution in [1.82, 2.24) is 4.90 Å². The topological polar surface area (TPSA) is 40.5 Å². The molecule has 1 aliphatic carbocycles. The highest BCUT2D eigenvalue weighted by Crippen LogP contribution is 2.27. The molecule has 1 saturated heterocycles. The Morgan fingerprint density at radius 3 is 2.82 bits per heavy atom. The zero-order chi connectivity index (χ0) is 12.1. The molecule has 1 N–H and O–H groups in total. The molecule has 17 heavy (non-hydrogen) atoms. The van der Waals surface area contributed by atoms with Crippen LogP contribution in [0.2, 0.25) is 0 Å². The Morgan fingerprint density at radius 1 is 1.24 bits per heavy atom. The van der Waals surface area contributed by atoms with Crippen molar-refractivity contribution in [2.45, 2.75) is 57.4 Å². The average Bonchev–Trinajstić information content (AvgIpc) is 2.93. The molecule has 0 aromatic heterocycles. The summed E-state index contributed by atoms with van der Waals surface area (Å²) in [5.74, 6) is 0.852. The smallest absolute Gasteiger partial charge is 0.136 e. The number of nitrogens with zero attached hydrogens (tertiary/aromatic N) is 1. The lowest BCUT2D eigenvalue weighted by atomic mass is 10.0. The lowest BCUT2D eigenvalue weighted by molar-refractivity contribution is -0.120. The van der Waals surface area contributed by atoms with Gasteiger partial charge in [0.2, 0.25) is 0 Å². The van der Waals surface area contributed by atoms with Crippen LogP contribution in [0.15, 0.2) is 0 Å². The summed E-state index contributed by atoms with van der Waals surface area (Å²) >= 11 is 0. The van der Waals surface area contributed by atoms with E-state index in [0.29, 0.717) is 24.3 Å². The van der Waals surface area contributed by atoms with Crippen molar-refractivity contribution < 1.29 is 9.90 Å². The number of ketones is 1. The Kier molecular flexibility index (Phi) is 4.99. The fraction of sp³-hybridized carbons (Fsp3) is 0.929. The molecule has 0 aromatic carbocycles. The van der Waals surface area contributed by atoms with Crippen LogP contribution in [0.5, 0.6) is 0 Å². The lowest BCUT2D eigenvalue weighted by Crippen LogP contribution is -2.32. The molecule has 3 heteroatoms. The summed E-state index contributed by atoms with van der Waals surface area (Å²) < 4.78 is 0. The molecule has 0 aromatic rings.